The first kappa shape index (κ1) is 66.2. The van der Waals surface area contributed by atoms with Gasteiger partial charge in [-0.3, -0.25) is 13.8 Å². The number of phosphoric acid groups is 1. The van der Waals surface area contributed by atoms with Crippen LogP contribution in [-0.4, -0.2) is 75.6 Å². The number of likely N-dealkylation sites (N-methyl/N-ethyl adjacent to an activating group) is 1. The number of carbonyl (C=O) groups excluding carboxylic acids is 1. The van der Waals surface area contributed by atoms with Crippen molar-refractivity contribution in [2.75, 3.05) is 54.1 Å². The average molecular weight is 983 g/mol. The van der Waals surface area contributed by atoms with Crippen LogP contribution in [0.1, 0.15) is 206 Å². The largest absolute Gasteiger partial charge is 0.472 e. The molecule has 0 radical (unpaired) electrons. The summed E-state index contributed by atoms with van der Waals surface area (Å²) in [6, 6.07) is 0. The van der Waals surface area contributed by atoms with Crippen LogP contribution in [-0.2, 0) is 27.9 Å². The Morgan fingerprint density at radius 1 is 0.449 bits per heavy atom. The average Bonchev–Trinajstić information content (AvgIpc) is 3.31. The normalized spacial score (nSPS) is 14.3. The number of rotatable bonds is 50. The molecule has 0 spiro atoms. The molecule has 0 rings (SSSR count). The van der Waals surface area contributed by atoms with E-state index in [1.807, 2.05) is 21.1 Å². The second kappa shape index (κ2) is 51.5. The lowest BCUT2D eigenvalue weighted by atomic mass is 10.1. The van der Waals surface area contributed by atoms with E-state index >= 15 is 0 Å². The third kappa shape index (κ3) is 56.0. The van der Waals surface area contributed by atoms with Crippen LogP contribution in [0.25, 0.3) is 0 Å². The van der Waals surface area contributed by atoms with Gasteiger partial charge in [0.05, 0.1) is 34.4 Å². The lowest BCUT2D eigenvalue weighted by molar-refractivity contribution is -0.870. The number of carbonyl (C=O) groups is 1. The summed E-state index contributed by atoms with van der Waals surface area (Å²) >= 11 is 0. The van der Waals surface area contributed by atoms with Crippen molar-refractivity contribution in [1.29, 1.82) is 0 Å². The highest BCUT2D eigenvalue weighted by molar-refractivity contribution is 7.47. The molecule has 0 aromatic heterocycles. The monoisotopic (exact) mass is 983 g/mol. The Kier molecular flexibility index (Phi) is 49.4. The number of hydrogen-bond donors (Lipinski definition) is 1. The van der Waals surface area contributed by atoms with E-state index in [9.17, 15) is 14.3 Å². The molecule has 9 heteroatoms. The van der Waals surface area contributed by atoms with Gasteiger partial charge in [0.2, 0.25) is 0 Å². The van der Waals surface area contributed by atoms with Crippen molar-refractivity contribution in [3.05, 3.63) is 109 Å². The summed E-state index contributed by atoms with van der Waals surface area (Å²) in [6.07, 6.45) is 72.8. The van der Waals surface area contributed by atoms with Gasteiger partial charge in [0.15, 0.2) is 0 Å². The van der Waals surface area contributed by atoms with Crippen LogP contribution in [0.4, 0.5) is 0 Å². The zero-order valence-electron chi connectivity index (χ0n) is 45.0. The Hall–Kier alpha value is -2.84. The standard InChI is InChI=1S/C60H104NO7P/c1-6-8-10-12-14-16-18-20-22-24-26-28-29-30-31-32-34-36-38-40-42-44-46-48-50-52-55-65-57-59(58-67-69(63,64)66-56-54-61(3,4)5)68-60(62)53-51-49-47-45-43-41-39-37-35-33-27-25-23-21-19-17-15-13-11-9-7-2/h8-11,14-17,20-23,26-28,30-31,33,59H,6-7,12-13,18-19,24-25,29,32,34-58H2,1-5H3/p+1/b10-8-,11-9-,16-14-,17-15-,22-20-,23-21-,28-26-,31-30-,33-27-. The van der Waals surface area contributed by atoms with Crippen molar-refractivity contribution in [3.63, 3.8) is 0 Å². The second-order valence-electron chi connectivity index (χ2n) is 19.2. The zero-order chi connectivity index (χ0) is 50.5. The number of ether oxygens (including phenoxy) is 2. The van der Waals surface area contributed by atoms with Gasteiger partial charge in [-0.1, -0.05) is 213 Å². The molecule has 0 fully saturated rings. The maximum absolute atomic E-state index is 12.8. The van der Waals surface area contributed by atoms with Gasteiger partial charge in [0.1, 0.15) is 19.3 Å². The number of hydrogen-bond acceptors (Lipinski definition) is 6. The highest BCUT2D eigenvalue weighted by Gasteiger charge is 2.26. The predicted octanol–water partition coefficient (Wildman–Crippen LogP) is 17.5. The van der Waals surface area contributed by atoms with E-state index in [2.05, 4.69) is 123 Å². The van der Waals surface area contributed by atoms with Gasteiger partial charge in [0, 0.05) is 13.0 Å². The van der Waals surface area contributed by atoms with E-state index in [0.717, 1.165) is 96.3 Å². The minimum Gasteiger partial charge on any atom is -0.457 e. The van der Waals surface area contributed by atoms with E-state index in [0.29, 0.717) is 24.1 Å². The van der Waals surface area contributed by atoms with Crippen molar-refractivity contribution in [2.24, 2.45) is 0 Å². The van der Waals surface area contributed by atoms with Gasteiger partial charge >= 0.3 is 13.8 Å². The molecule has 0 aliphatic heterocycles. The number of nitrogens with zero attached hydrogens (tertiary/aromatic N) is 1. The molecule has 8 nitrogen and oxygen atoms in total. The molecule has 0 saturated carbocycles. The number of phosphoric ester groups is 1. The summed E-state index contributed by atoms with van der Waals surface area (Å²) in [4.78, 5) is 23.1. The molecule has 0 saturated heterocycles. The summed E-state index contributed by atoms with van der Waals surface area (Å²) in [5.74, 6) is -0.327. The third-order valence-electron chi connectivity index (χ3n) is 11.3. The molecule has 0 aromatic rings. The predicted molar refractivity (Wildman–Crippen MR) is 297 cm³/mol. The molecule has 1 N–H and O–H groups in total. The van der Waals surface area contributed by atoms with E-state index in [1.54, 1.807) is 0 Å². The lowest BCUT2D eigenvalue weighted by Gasteiger charge is -2.24. The fourth-order valence-corrected chi connectivity index (χ4v) is 7.90. The number of esters is 1. The van der Waals surface area contributed by atoms with Crippen molar-refractivity contribution in [3.8, 4) is 0 Å². The van der Waals surface area contributed by atoms with Crippen LogP contribution < -0.4 is 0 Å². The smallest absolute Gasteiger partial charge is 0.457 e. The Morgan fingerprint density at radius 3 is 1.19 bits per heavy atom. The van der Waals surface area contributed by atoms with Crippen molar-refractivity contribution >= 4 is 13.8 Å². The second-order valence-corrected chi connectivity index (χ2v) is 20.7. The molecule has 396 valence electrons. The topological polar surface area (TPSA) is 91.3 Å². The first-order valence-electron chi connectivity index (χ1n) is 27.6. The summed E-state index contributed by atoms with van der Waals surface area (Å²) in [5.41, 5.74) is 0. The SMILES string of the molecule is CC/C=C\C/C=C\C/C=C\C/C=C\C/C=C\CCCCCCCCCCCCOCC(COP(=O)(O)OCC[N+](C)(C)C)OC(=O)CCCCCCCCCC/C=C\C/C=C\C/C=C\C/C=C\CC. The number of quaternary nitrogens is 1. The molecule has 2 atom stereocenters. The quantitative estimate of drug-likeness (QED) is 0.0213. The Labute approximate surface area is 425 Å². The van der Waals surface area contributed by atoms with Crippen LogP contribution >= 0.6 is 7.82 Å². The zero-order valence-corrected chi connectivity index (χ0v) is 45.9. The highest BCUT2D eigenvalue weighted by Crippen LogP contribution is 2.43. The van der Waals surface area contributed by atoms with E-state index in [-0.39, 0.29) is 25.8 Å². The molecular formula is C60H105NO7P+. The van der Waals surface area contributed by atoms with E-state index in [1.165, 1.54) is 89.9 Å². The summed E-state index contributed by atoms with van der Waals surface area (Å²) in [5, 5.41) is 0. The minimum absolute atomic E-state index is 0.0801. The molecule has 2 unspecified atom stereocenters. The van der Waals surface area contributed by atoms with Gasteiger partial charge in [-0.25, -0.2) is 4.57 Å². The van der Waals surface area contributed by atoms with E-state index < -0.39 is 13.9 Å². The molecule has 0 aliphatic carbocycles. The first-order chi connectivity index (χ1) is 33.6. The van der Waals surface area contributed by atoms with Crippen LogP contribution in [0.2, 0.25) is 0 Å². The lowest BCUT2D eigenvalue weighted by Crippen LogP contribution is -2.37. The highest BCUT2D eigenvalue weighted by atomic mass is 31.2. The molecule has 0 aliphatic rings. The van der Waals surface area contributed by atoms with Crippen molar-refractivity contribution < 1.29 is 37.3 Å². The van der Waals surface area contributed by atoms with Crippen LogP contribution in [0.5, 0.6) is 0 Å². The van der Waals surface area contributed by atoms with Crippen LogP contribution in [0.15, 0.2) is 109 Å². The van der Waals surface area contributed by atoms with Gasteiger partial charge in [-0.2, -0.15) is 0 Å². The fraction of sp³-hybridized carbons (Fsp3) is 0.683. The van der Waals surface area contributed by atoms with Crippen LogP contribution in [0, 0.1) is 0 Å². The summed E-state index contributed by atoms with van der Waals surface area (Å²) in [7, 11) is 1.64. The Bertz CT molecular complexity index is 1470. The molecule has 0 aromatic carbocycles. The summed E-state index contributed by atoms with van der Waals surface area (Å²) < 4.78 is 35.2. The van der Waals surface area contributed by atoms with Gasteiger partial charge in [-0.15, -0.1) is 0 Å². The fourth-order valence-electron chi connectivity index (χ4n) is 7.16. The molecule has 0 heterocycles. The number of unbranched alkanes of at least 4 members (excludes halogenated alkanes) is 18. The first-order valence-corrected chi connectivity index (χ1v) is 29.1. The maximum atomic E-state index is 12.8. The van der Waals surface area contributed by atoms with E-state index in [4.69, 9.17) is 18.5 Å². The minimum atomic E-state index is -4.30. The maximum Gasteiger partial charge on any atom is 0.472 e. The van der Waals surface area contributed by atoms with Gasteiger partial charge in [-0.05, 0) is 96.3 Å². The molecular weight excluding hydrogens is 878 g/mol. The van der Waals surface area contributed by atoms with Gasteiger partial charge < -0.3 is 18.9 Å². The van der Waals surface area contributed by atoms with Gasteiger partial charge in [0.25, 0.3) is 0 Å². The Morgan fingerprint density at radius 2 is 0.797 bits per heavy atom. The molecule has 69 heavy (non-hydrogen) atoms. The molecule has 0 bridgehead atoms. The third-order valence-corrected chi connectivity index (χ3v) is 12.3. The summed E-state index contributed by atoms with van der Waals surface area (Å²) in [6.45, 7) is 5.37. The van der Waals surface area contributed by atoms with Crippen molar-refractivity contribution in [2.45, 2.75) is 213 Å². The van der Waals surface area contributed by atoms with Crippen LogP contribution in [0.3, 0.4) is 0 Å². The van der Waals surface area contributed by atoms with Crippen molar-refractivity contribution in [1.82, 2.24) is 0 Å². The molecule has 0 amide bonds. The Balaban J connectivity index is 4.15. The number of allylic oxidation sites excluding steroid dienone is 18.